The monoisotopic (exact) mass is 191 g/mol. The van der Waals surface area contributed by atoms with Crippen LogP contribution in [0.25, 0.3) is 0 Å². The molecule has 12 heavy (non-hydrogen) atoms. The number of rotatable bonds is 0. The molecule has 0 spiro atoms. The van der Waals surface area contributed by atoms with Crippen molar-refractivity contribution in [3.63, 3.8) is 0 Å². The Morgan fingerprint density at radius 1 is 1.33 bits per heavy atom. The minimum absolute atomic E-state index is 0.0760. The molecule has 0 aromatic rings. The molecular formula is C8H18NO2P. The van der Waals surface area contributed by atoms with Gasteiger partial charge in [0.2, 0.25) is 7.37 Å². The predicted octanol–water partition coefficient (Wildman–Crippen LogP) is 2.03. The zero-order chi connectivity index (χ0) is 9.62. The highest BCUT2D eigenvalue weighted by Crippen LogP contribution is 2.57. The van der Waals surface area contributed by atoms with E-state index in [9.17, 15) is 4.57 Å². The fourth-order valence-corrected chi connectivity index (χ4v) is 2.81. The second kappa shape index (κ2) is 2.57. The van der Waals surface area contributed by atoms with E-state index in [4.69, 9.17) is 4.52 Å². The van der Waals surface area contributed by atoms with Gasteiger partial charge in [-0.05, 0) is 27.7 Å². The minimum atomic E-state index is -2.48. The molecule has 0 aromatic heterocycles. The Kier molecular flexibility index (Phi) is 2.19. The Labute approximate surface area is 74.3 Å². The Bertz CT molecular complexity index is 235. The van der Waals surface area contributed by atoms with E-state index in [-0.39, 0.29) is 5.54 Å². The van der Waals surface area contributed by atoms with Gasteiger partial charge in [-0.3, -0.25) is 9.88 Å². The fourth-order valence-electron chi connectivity index (χ4n) is 1.41. The average molecular weight is 191 g/mol. The Balaban J connectivity index is 2.90. The quantitative estimate of drug-likeness (QED) is 0.595. The largest absolute Gasteiger partial charge is 0.325 e. The summed E-state index contributed by atoms with van der Waals surface area (Å²) >= 11 is 0. The normalized spacial score (nSPS) is 39.4. The van der Waals surface area contributed by atoms with Crippen LogP contribution in [0.3, 0.4) is 0 Å². The van der Waals surface area contributed by atoms with Crippen molar-refractivity contribution in [3.8, 4) is 0 Å². The van der Waals surface area contributed by atoms with Gasteiger partial charge in [-0.2, -0.15) is 0 Å². The van der Waals surface area contributed by atoms with E-state index in [0.717, 1.165) is 0 Å². The van der Waals surface area contributed by atoms with Crippen molar-refractivity contribution >= 4 is 7.37 Å². The molecule has 72 valence electrons. The third kappa shape index (κ3) is 1.73. The summed E-state index contributed by atoms with van der Waals surface area (Å²) in [6.07, 6.45) is 0. The topological polar surface area (TPSA) is 38.3 Å². The van der Waals surface area contributed by atoms with E-state index in [2.05, 4.69) is 5.32 Å². The van der Waals surface area contributed by atoms with Crippen LogP contribution in [0.1, 0.15) is 27.7 Å². The number of hydrogen-bond donors (Lipinski definition) is 1. The smallest absolute Gasteiger partial charge is 0.219 e. The van der Waals surface area contributed by atoms with E-state index in [1.54, 1.807) is 6.66 Å². The zero-order valence-electron chi connectivity index (χ0n) is 8.47. The van der Waals surface area contributed by atoms with Gasteiger partial charge in [-0.15, -0.1) is 0 Å². The maximum atomic E-state index is 11.9. The fraction of sp³-hybridized carbons (Fsp3) is 1.00. The van der Waals surface area contributed by atoms with E-state index in [1.165, 1.54) is 0 Å². The third-order valence-electron chi connectivity index (χ3n) is 2.33. The maximum Gasteiger partial charge on any atom is 0.219 e. The molecule has 1 fully saturated rings. The van der Waals surface area contributed by atoms with E-state index in [0.29, 0.717) is 6.61 Å². The Morgan fingerprint density at radius 3 is 2.17 bits per heavy atom. The second-order valence-corrected chi connectivity index (χ2v) is 7.76. The third-order valence-corrected chi connectivity index (χ3v) is 5.10. The number of nitrogens with one attached hydrogen (secondary N) is 1. The zero-order valence-corrected chi connectivity index (χ0v) is 9.37. The summed E-state index contributed by atoms with van der Waals surface area (Å²) in [4.78, 5) is 0. The van der Waals surface area contributed by atoms with Gasteiger partial charge in [0, 0.05) is 12.2 Å². The summed E-state index contributed by atoms with van der Waals surface area (Å²) in [5, 5.41) is 2.93. The van der Waals surface area contributed by atoms with Gasteiger partial charge in [0.25, 0.3) is 0 Å². The summed E-state index contributed by atoms with van der Waals surface area (Å²) in [5.74, 6) is 0. The second-order valence-electron chi connectivity index (χ2n) is 4.69. The predicted molar refractivity (Wildman–Crippen MR) is 50.8 cm³/mol. The Hall–Kier alpha value is 0.150. The van der Waals surface area contributed by atoms with Crippen LogP contribution in [0.15, 0.2) is 0 Å². The molecule has 1 heterocycles. The highest BCUT2D eigenvalue weighted by atomic mass is 31.2. The molecule has 0 amide bonds. The summed E-state index contributed by atoms with van der Waals surface area (Å²) in [5.41, 5.74) is -0.0760. The molecule has 1 rings (SSSR count). The van der Waals surface area contributed by atoms with E-state index in [1.807, 2.05) is 27.7 Å². The molecule has 1 unspecified atom stereocenters. The molecule has 0 aliphatic carbocycles. The van der Waals surface area contributed by atoms with Crippen LogP contribution in [0.4, 0.5) is 0 Å². The molecule has 1 saturated heterocycles. The van der Waals surface area contributed by atoms with Gasteiger partial charge >= 0.3 is 0 Å². The molecule has 0 bridgehead atoms. The van der Waals surface area contributed by atoms with Crippen molar-refractivity contribution in [3.05, 3.63) is 0 Å². The molecule has 1 aliphatic rings. The van der Waals surface area contributed by atoms with Gasteiger partial charge in [-0.25, -0.2) is 0 Å². The van der Waals surface area contributed by atoms with Crippen molar-refractivity contribution in [2.24, 2.45) is 0 Å². The minimum Gasteiger partial charge on any atom is -0.325 e. The molecule has 0 radical (unpaired) electrons. The lowest BCUT2D eigenvalue weighted by atomic mass is 10.1. The first-order valence-electron chi connectivity index (χ1n) is 4.18. The molecule has 4 heteroatoms. The summed E-state index contributed by atoms with van der Waals surface area (Å²) in [7, 11) is -2.48. The standard InChI is InChI=1S/C8H18NO2P/c1-7(2)6-11-12(5,10)8(3,4)9-7/h9H,6H2,1-5H3. The van der Waals surface area contributed by atoms with Crippen LogP contribution in [0.5, 0.6) is 0 Å². The summed E-state index contributed by atoms with van der Waals surface area (Å²) < 4.78 is 17.3. The SMILES string of the molecule is CC1(C)COP(C)(=O)C(C)(C)N1. The molecule has 1 atom stereocenters. The van der Waals surface area contributed by atoms with Crippen LogP contribution in [0.2, 0.25) is 0 Å². The highest BCUT2D eigenvalue weighted by molar-refractivity contribution is 7.59. The van der Waals surface area contributed by atoms with Crippen molar-refractivity contribution in [1.82, 2.24) is 5.32 Å². The molecule has 1 aliphatic heterocycles. The molecule has 1 N–H and O–H groups in total. The first-order valence-corrected chi connectivity index (χ1v) is 6.25. The lowest BCUT2D eigenvalue weighted by molar-refractivity contribution is 0.145. The van der Waals surface area contributed by atoms with Gasteiger partial charge in [0.1, 0.15) is 0 Å². The van der Waals surface area contributed by atoms with Crippen molar-refractivity contribution in [2.75, 3.05) is 13.3 Å². The summed E-state index contributed by atoms with van der Waals surface area (Å²) in [6, 6.07) is 0. The van der Waals surface area contributed by atoms with Gasteiger partial charge in [0.05, 0.1) is 11.9 Å². The maximum absolute atomic E-state index is 11.9. The number of hydrogen-bond acceptors (Lipinski definition) is 3. The van der Waals surface area contributed by atoms with E-state index >= 15 is 0 Å². The van der Waals surface area contributed by atoms with Gasteiger partial charge < -0.3 is 4.52 Å². The van der Waals surface area contributed by atoms with Crippen LogP contribution in [-0.2, 0) is 9.09 Å². The van der Waals surface area contributed by atoms with E-state index < -0.39 is 12.6 Å². The van der Waals surface area contributed by atoms with Gasteiger partial charge in [0.15, 0.2) is 0 Å². The van der Waals surface area contributed by atoms with Crippen LogP contribution in [-0.4, -0.2) is 24.1 Å². The average Bonchev–Trinajstić information content (AvgIpc) is 1.79. The van der Waals surface area contributed by atoms with Crippen LogP contribution >= 0.6 is 7.37 Å². The lowest BCUT2D eigenvalue weighted by Gasteiger charge is -2.45. The lowest BCUT2D eigenvalue weighted by Crippen LogP contribution is -2.57. The first kappa shape index (κ1) is 10.2. The van der Waals surface area contributed by atoms with Crippen molar-refractivity contribution in [1.29, 1.82) is 0 Å². The van der Waals surface area contributed by atoms with Crippen LogP contribution in [0, 0.1) is 0 Å². The molecule has 3 nitrogen and oxygen atoms in total. The van der Waals surface area contributed by atoms with Crippen LogP contribution < -0.4 is 5.32 Å². The molecule has 0 saturated carbocycles. The van der Waals surface area contributed by atoms with Crippen molar-refractivity contribution < 1.29 is 9.09 Å². The molecule has 0 aromatic carbocycles. The Morgan fingerprint density at radius 2 is 1.83 bits per heavy atom. The molecular weight excluding hydrogens is 173 g/mol. The first-order chi connectivity index (χ1) is 5.16. The van der Waals surface area contributed by atoms with Crippen molar-refractivity contribution in [2.45, 2.75) is 38.5 Å². The summed E-state index contributed by atoms with van der Waals surface area (Å²) in [6.45, 7) is 10.2. The van der Waals surface area contributed by atoms with Gasteiger partial charge in [-0.1, -0.05) is 0 Å². The highest BCUT2D eigenvalue weighted by Gasteiger charge is 2.45.